The van der Waals surface area contributed by atoms with Crippen LogP contribution in [0.1, 0.15) is 6.42 Å². The average molecular weight is 160 g/mol. The molecule has 0 bridgehead atoms. The van der Waals surface area contributed by atoms with Crippen LogP contribution in [0.4, 0.5) is 0 Å². The fourth-order valence-corrected chi connectivity index (χ4v) is 0.981. The molecule has 3 nitrogen and oxygen atoms in total. The van der Waals surface area contributed by atoms with E-state index in [-0.39, 0.29) is 0 Å². The highest BCUT2D eigenvalue weighted by Crippen LogP contribution is 2.08. The summed E-state index contributed by atoms with van der Waals surface area (Å²) >= 11 is 0. The van der Waals surface area contributed by atoms with Gasteiger partial charge in [-0.15, -0.1) is 0 Å². The van der Waals surface area contributed by atoms with Crippen molar-refractivity contribution in [1.29, 1.82) is 0 Å². The summed E-state index contributed by atoms with van der Waals surface area (Å²) in [6.45, 7) is 2.30. The van der Waals surface area contributed by atoms with Crippen LogP contribution in [0.25, 0.3) is 0 Å². The minimum Gasteiger partial charge on any atom is -0.392 e. The van der Waals surface area contributed by atoms with Crippen LogP contribution in [0.3, 0.4) is 0 Å². The Morgan fingerprint density at radius 3 is 3.10 bits per heavy atom. The quantitative estimate of drug-likeness (QED) is 0.312. The molecular weight excluding hydrogens is 148 g/mol. The molecule has 0 radical (unpaired) electrons. The van der Waals surface area contributed by atoms with Gasteiger partial charge in [-0.3, -0.25) is 0 Å². The number of epoxide rings is 1. The maximum Gasteiger partial charge on any atom is 0.261 e. The molecule has 0 aromatic carbocycles. The van der Waals surface area contributed by atoms with Gasteiger partial charge in [0.1, 0.15) is 6.10 Å². The van der Waals surface area contributed by atoms with E-state index in [0.717, 1.165) is 25.7 Å². The average Bonchev–Trinajstić information content (AvgIpc) is 2.71. The topological polar surface area (TPSA) is 38.8 Å². The Bertz CT molecular complexity index is 103. The van der Waals surface area contributed by atoms with Crippen molar-refractivity contribution in [2.75, 3.05) is 19.8 Å². The number of ether oxygens (including phenoxy) is 2. The highest BCUT2D eigenvalue weighted by molar-refractivity contribution is 6.16. The second kappa shape index (κ2) is 4.71. The van der Waals surface area contributed by atoms with E-state index in [9.17, 15) is 4.46 Å². The summed E-state index contributed by atoms with van der Waals surface area (Å²) in [5, 5.41) is 0. The summed E-state index contributed by atoms with van der Waals surface area (Å²) in [7, 11) is -0.581. The first-order valence-corrected chi connectivity index (χ1v) is 4.85. The SMILES string of the molecule is O=[SiH]CCCOCC1CO1. The zero-order chi connectivity index (χ0) is 7.23. The molecule has 0 spiro atoms. The van der Waals surface area contributed by atoms with Crippen molar-refractivity contribution in [1.82, 2.24) is 0 Å². The highest BCUT2D eigenvalue weighted by Gasteiger charge is 2.21. The third kappa shape index (κ3) is 3.87. The molecule has 1 unspecified atom stereocenters. The predicted molar refractivity (Wildman–Crippen MR) is 37.8 cm³/mol. The Labute approximate surface area is 62.6 Å². The van der Waals surface area contributed by atoms with Crippen molar-refractivity contribution in [3.63, 3.8) is 0 Å². The summed E-state index contributed by atoms with van der Waals surface area (Å²) in [6, 6.07) is 0.811. The lowest BCUT2D eigenvalue weighted by Crippen LogP contribution is -2.02. The van der Waals surface area contributed by atoms with Gasteiger partial charge in [0.2, 0.25) is 0 Å². The molecule has 0 aromatic rings. The molecule has 1 fully saturated rings. The molecule has 0 amide bonds. The largest absolute Gasteiger partial charge is 0.392 e. The molecule has 1 heterocycles. The van der Waals surface area contributed by atoms with Crippen LogP contribution in [0.2, 0.25) is 6.04 Å². The maximum absolute atomic E-state index is 10.0. The first-order chi connectivity index (χ1) is 4.93. The zero-order valence-corrected chi connectivity index (χ0v) is 7.07. The zero-order valence-electron chi connectivity index (χ0n) is 5.91. The Hall–Kier alpha value is -0.0631. The Kier molecular flexibility index (Phi) is 3.78. The molecule has 0 saturated carbocycles. The van der Waals surface area contributed by atoms with Crippen LogP contribution >= 0.6 is 0 Å². The Morgan fingerprint density at radius 2 is 2.50 bits per heavy atom. The number of rotatable bonds is 6. The molecule has 4 heteroatoms. The van der Waals surface area contributed by atoms with E-state index in [1.54, 1.807) is 0 Å². The third-order valence-electron chi connectivity index (χ3n) is 1.32. The first-order valence-electron chi connectivity index (χ1n) is 3.56. The maximum atomic E-state index is 10.0. The van der Waals surface area contributed by atoms with E-state index < -0.39 is 9.41 Å². The van der Waals surface area contributed by atoms with E-state index in [0.29, 0.717) is 12.7 Å². The van der Waals surface area contributed by atoms with Crippen LogP contribution < -0.4 is 0 Å². The van der Waals surface area contributed by atoms with Crippen molar-refractivity contribution in [2.45, 2.75) is 18.6 Å². The lowest BCUT2D eigenvalue weighted by atomic mass is 10.5. The Balaban J connectivity index is 1.72. The third-order valence-corrected chi connectivity index (χ3v) is 1.96. The standard InChI is InChI=1S/C6H12O3Si/c7-10-3-1-2-8-4-6-5-9-6/h6,10H,1-5H2. The van der Waals surface area contributed by atoms with E-state index in [1.165, 1.54) is 0 Å². The molecule has 1 aliphatic rings. The van der Waals surface area contributed by atoms with Crippen LogP contribution in [-0.4, -0.2) is 35.3 Å². The normalized spacial score (nSPS) is 22.6. The second-order valence-corrected chi connectivity index (χ2v) is 3.25. The predicted octanol–water partition coefficient (Wildman–Crippen LogP) is -0.00780. The highest BCUT2D eigenvalue weighted by atomic mass is 28.2. The Morgan fingerprint density at radius 1 is 1.70 bits per heavy atom. The summed E-state index contributed by atoms with van der Waals surface area (Å²) in [6.07, 6.45) is 1.28. The minimum absolute atomic E-state index is 0.361. The van der Waals surface area contributed by atoms with Crippen LogP contribution in [0, 0.1) is 0 Å². The number of hydrogen-bond donors (Lipinski definition) is 0. The molecule has 58 valence electrons. The van der Waals surface area contributed by atoms with E-state index in [1.807, 2.05) is 0 Å². The van der Waals surface area contributed by atoms with Gasteiger partial charge in [-0.25, -0.2) is 0 Å². The summed E-state index contributed by atoms with van der Waals surface area (Å²) < 4.78 is 20.2. The van der Waals surface area contributed by atoms with Gasteiger partial charge in [-0.1, -0.05) is 0 Å². The van der Waals surface area contributed by atoms with Crippen LogP contribution in [0.5, 0.6) is 0 Å². The van der Waals surface area contributed by atoms with Gasteiger partial charge in [-0.2, -0.15) is 0 Å². The van der Waals surface area contributed by atoms with E-state index in [2.05, 4.69) is 0 Å². The van der Waals surface area contributed by atoms with Crippen molar-refractivity contribution < 1.29 is 13.9 Å². The molecule has 1 aliphatic heterocycles. The van der Waals surface area contributed by atoms with Gasteiger partial charge in [0.15, 0.2) is 0 Å². The molecule has 1 atom stereocenters. The van der Waals surface area contributed by atoms with E-state index in [4.69, 9.17) is 9.47 Å². The summed E-state index contributed by atoms with van der Waals surface area (Å²) in [5.74, 6) is 0. The van der Waals surface area contributed by atoms with Crippen molar-refractivity contribution in [2.24, 2.45) is 0 Å². The van der Waals surface area contributed by atoms with Crippen molar-refractivity contribution >= 4 is 9.41 Å². The monoisotopic (exact) mass is 160 g/mol. The molecule has 1 saturated heterocycles. The van der Waals surface area contributed by atoms with Crippen molar-refractivity contribution in [3.8, 4) is 0 Å². The minimum atomic E-state index is -0.581. The fraction of sp³-hybridized carbons (Fsp3) is 1.00. The smallest absolute Gasteiger partial charge is 0.261 e. The van der Waals surface area contributed by atoms with Crippen LogP contribution in [0.15, 0.2) is 0 Å². The van der Waals surface area contributed by atoms with Crippen molar-refractivity contribution in [3.05, 3.63) is 0 Å². The number of hydrogen-bond acceptors (Lipinski definition) is 3. The van der Waals surface area contributed by atoms with Gasteiger partial charge in [-0.05, 0) is 12.5 Å². The molecular formula is C6H12O3Si. The van der Waals surface area contributed by atoms with Gasteiger partial charge in [0, 0.05) is 6.61 Å². The molecule has 0 N–H and O–H groups in total. The molecule has 0 aromatic heterocycles. The first kappa shape index (κ1) is 8.04. The van der Waals surface area contributed by atoms with Crippen LogP contribution in [-0.2, 0) is 13.9 Å². The molecule has 1 rings (SSSR count). The summed E-state index contributed by atoms with van der Waals surface area (Å²) in [4.78, 5) is 0. The lowest BCUT2D eigenvalue weighted by molar-refractivity contribution is 0.117. The van der Waals surface area contributed by atoms with Gasteiger partial charge < -0.3 is 13.9 Å². The van der Waals surface area contributed by atoms with E-state index >= 15 is 0 Å². The summed E-state index contributed by atoms with van der Waals surface area (Å²) in [5.41, 5.74) is 0. The molecule has 0 aliphatic carbocycles. The van der Waals surface area contributed by atoms with Gasteiger partial charge in [0.25, 0.3) is 9.41 Å². The lowest BCUT2D eigenvalue weighted by Gasteiger charge is -1.97. The molecule has 10 heavy (non-hydrogen) atoms. The van der Waals surface area contributed by atoms with Gasteiger partial charge in [0.05, 0.1) is 13.2 Å². The fourth-order valence-electron chi connectivity index (χ4n) is 0.648. The second-order valence-electron chi connectivity index (χ2n) is 2.34. The van der Waals surface area contributed by atoms with Gasteiger partial charge >= 0.3 is 0 Å².